The fraction of sp³-hybridized carbons (Fsp3) is 0.350. The number of hydrogen-bond acceptors (Lipinski definition) is 3. The third-order valence-electron chi connectivity index (χ3n) is 4.76. The van der Waals surface area contributed by atoms with Gasteiger partial charge in [-0.15, -0.1) is 0 Å². The first kappa shape index (κ1) is 18.3. The van der Waals surface area contributed by atoms with Crippen molar-refractivity contribution in [2.45, 2.75) is 13.0 Å². The molecule has 4 nitrogen and oxygen atoms in total. The summed E-state index contributed by atoms with van der Waals surface area (Å²) < 4.78 is 26.3. The molecule has 1 atom stereocenters. The van der Waals surface area contributed by atoms with E-state index in [-0.39, 0.29) is 18.5 Å². The number of halogens is 2. The second-order valence-corrected chi connectivity index (χ2v) is 6.48. The normalized spacial score (nSPS) is 15.8. The summed E-state index contributed by atoms with van der Waals surface area (Å²) in [6.45, 7) is 4.95. The topological polar surface area (TPSA) is 35.6 Å². The highest BCUT2D eigenvalue weighted by atomic mass is 19.2. The Morgan fingerprint density at radius 1 is 1.04 bits per heavy atom. The van der Waals surface area contributed by atoms with Gasteiger partial charge in [0.2, 0.25) is 5.91 Å². The average molecular weight is 359 g/mol. The number of carbonyl (C=O) groups excluding carboxylic acids is 1. The molecule has 1 aliphatic rings. The van der Waals surface area contributed by atoms with Crippen LogP contribution in [0.1, 0.15) is 18.5 Å². The fourth-order valence-corrected chi connectivity index (χ4v) is 3.10. The highest BCUT2D eigenvalue weighted by Crippen LogP contribution is 2.17. The smallest absolute Gasteiger partial charge is 0.236 e. The first-order chi connectivity index (χ1) is 12.5. The molecule has 1 amide bonds. The lowest BCUT2D eigenvalue weighted by atomic mass is 10.1. The van der Waals surface area contributed by atoms with E-state index in [4.69, 9.17) is 0 Å². The first-order valence-corrected chi connectivity index (χ1v) is 8.80. The van der Waals surface area contributed by atoms with Gasteiger partial charge in [-0.1, -0.05) is 24.3 Å². The van der Waals surface area contributed by atoms with E-state index in [1.807, 2.05) is 30.0 Å². The molecule has 1 fully saturated rings. The van der Waals surface area contributed by atoms with Gasteiger partial charge in [0.05, 0.1) is 6.54 Å². The minimum Gasteiger partial charge on any atom is -0.368 e. The molecule has 138 valence electrons. The maximum absolute atomic E-state index is 13.3. The molecule has 1 aliphatic heterocycles. The highest BCUT2D eigenvalue weighted by molar-refractivity contribution is 5.78. The Bertz CT molecular complexity index is 746. The van der Waals surface area contributed by atoms with Crippen molar-refractivity contribution in [2.24, 2.45) is 0 Å². The van der Waals surface area contributed by atoms with Crippen LogP contribution in [0.3, 0.4) is 0 Å². The van der Waals surface area contributed by atoms with Crippen molar-refractivity contribution < 1.29 is 13.6 Å². The molecule has 0 saturated carbocycles. The van der Waals surface area contributed by atoms with Crippen LogP contribution in [0.5, 0.6) is 0 Å². The van der Waals surface area contributed by atoms with Crippen molar-refractivity contribution in [2.75, 3.05) is 37.6 Å². The lowest BCUT2D eigenvalue weighted by Crippen LogP contribution is -2.51. The molecule has 0 aliphatic carbocycles. The zero-order valence-electron chi connectivity index (χ0n) is 14.8. The van der Waals surface area contributed by atoms with E-state index in [2.05, 4.69) is 22.3 Å². The molecular formula is C20H23F2N3O. The third-order valence-corrected chi connectivity index (χ3v) is 4.76. The number of para-hydroxylation sites is 1. The van der Waals surface area contributed by atoms with Crippen molar-refractivity contribution in [3.05, 3.63) is 65.7 Å². The highest BCUT2D eigenvalue weighted by Gasteiger charge is 2.21. The van der Waals surface area contributed by atoms with Gasteiger partial charge in [0.25, 0.3) is 0 Å². The van der Waals surface area contributed by atoms with Crippen molar-refractivity contribution in [3.8, 4) is 0 Å². The Kier molecular flexibility index (Phi) is 5.83. The van der Waals surface area contributed by atoms with Gasteiger partial charge in [-0.2, -0.15) is 0 Å². The van der Waals surface area contributed by atoms with Crippen LogP contribution in [0.15, 0.2) is 48.5 Å². The summed E-state index contributed by atoms with van der Waals surface area (Å²) in [5.74, 6) is -1.72. The van der Waals surface area contributed by atoms with Crippen LogP contribution >= 0.6 is 0 Å². The molecule has 1 heterocycles. The number of carbonyl (C=O) groups is 1. The second kappa shape index (κ2) is 8.27. The summed E-state index contributed by atoms with van der Waals surface area (Å²) in [5.41, 5.74) is 1.79. The SMILES string of the molecule is C[C@@H](NCC(=O)N1CCN(c2ccccc2)CC1)c1ccc(F)c(F)c1. The maximum atomic E-state index is 13.3. The van der Waals surface area contributed by atoms with Crippen molar-refractivity contribution in [1.82, 2.24) is 10.2 Å². The van der Waals surface area contributed by atoms with E-state index in [1.165, 1.54) is 11.8 Å². The van der Waals surface area contributed by atoms with Crippen LogP contribution in [0.25, 0.3) is 0 Å². The predicted molar refractivity (Wildman–Crippen MR) is 98.0 cm³/mol. The Hall–Kier alpha value is -2.47. The zero-order chi connectivity index (χ0) is 18.5. The molecule has 0 unspecified atom stereocenters. The van der Waals surface area contributed by atoms with Crippen LogP contribution in [0.2, 0.25) is 0 Å². The van der Waals surface area contributed by atoms with E-state index in [9.17, 15) is 13.6 Å². The van der Waals surface area contributed by atoms with Gasteiger partial charge in [-0.3, -0.25) is 4.79 Å². The van der Waals surface area contributed by atoms with Gasteiger partial charge in [-0.25, -0.2) is 8.78 Å². The molecule has 1 N–H and O–H groups in total. The Morgan fingerprint density at radius 3 is 2.38 bits per heavy atom. The molecule has 0 bridgehead atoms. The number of benzene rings is 2. The number of anilines is 1. The van der Waals surface area contributed by atoms with Crippen molar-refractivity contribution in [3.63, 3.8) is 0 Å². The Balaban J connectivity index is 1.47. The lowest BCUT2D eigenvalue weighted by Gasteiger charge is -2.36. The number of nitrogens with one attached hydrogen (secondary N) is 1. The van der Waals surface area contributed by atoms with E-state index < -0.39 is 11.6 Å². The van der Waals surface area contributed by atoms with Gasteiger partial charge < -0.3 is 15.1 Å². The van der Waals surface area contributed by atoms with Crippen LogP contribution in [-0.4, -0.2) is 43.5 Å². The molecule has 1 saturated heterocycles. The van der Waals surface area contributed by atoms with Gasteiger partial charge in [0, 0.05) is 37.9 Å². The second-order valence-electron chi connectivity index (χ2n) is 6.48. The van der Waals surface area contributed by atoms with Crippen LogP contribution in [0, 0.1) is 11.6 Å². The number of amides is 1. The Morgan fingerprint density at radius 2 is 1.73 bits per heavy atom. The monoisotopic (exact) mass is 359 g/mol. The molecule has 6 heteroatoms. The minimum absolute atomic E-state index is 0.0205. The van der Waals surface area contributed by atoms with E-state index in [0.29, 0.717) is 18.7 Å². The van der Waals surface area contributed by atoms with E-state index in [1.54, 1.807) is 0 Å². The molecule has 0 radical (unpaired) electrons. The first-order valence-electron chi connectivity index (χ1n) is 8.80. The van der Waals surface area contributed by atoms with Crippen LogP contribution < -0.4 is 10.2 Å². The summed E-state index contributed by atoms with van der Waals surface area (Å²) in [4.78, 5) is 16.5. The third kappa shape index (κ3) is 4.38. The largest absolute Gasteiger partial charge is 0.368 e. The minimum atomic E-state index is -0.875. The van der Waals surface area contributed by atoms with Crippen molar-refractivity contribution >= 4 is 11.6 Å². The predicted octanol–water partition coefficient (Wildman–Crippen LogP) is 2.96. The van der Waals surface area contributed by atoms with Gasteiger partial charge >= 0.3 is 0 Å². The quantitative estimate of drug-likeness (QED) is 0.892. The zero-order valence-corrected chi connectivity index (χ0v) is 14.8. The van der Waals surface area contributed by atoms with Gasteiger partial charge in [-0.05, 0) is 36.8 Å². The summed E-state index contributed by atoms with van der Waals surface area (Å²) in [5, 5.41) is 3.09. The van der Waals surface area contributed by atoms with Crippen LogP contribution in [-0.2, 0) is 4.79 Å². The molecule has 2 aromatic rings. The molecule has 0 spiro atoms. The van der Waals surface area contributed by atoms with E-state index >= 15 is 0 Å². The summed E-state index contributed by atoms with van der Waals surface area (Å²) in [6, 6.07) is 13.7. The summed E-state index contributed by atoms with van der Waals surface area (Å²) >= 11 is 0. The van der Waals surface area contributed by atoms with Crippen LogP contribution in [0.4, 0.5) is 14.5 Å². The standard InChI is InChI=1S/C20H23F2N3O/c1-15(16-7-8-18(21)19(22)13-16)23-14-20(26)25-11-9-24(10-12-25)17-5-3-2-4-6-17/h2-8,13,15,23H,9-12,14H2,1H3/t15-/m1/s1. The Labute approximate surface area is 152 Å². The number of piperazine rings is 1. The number of nitrogens with zero attached hydrogens (tertiary/aromatic N) is 2. The number of rotatable bonds is 5. The van der Waals surface area contributed by atoms with Crippen molar-refractivity contribution in [1.29, 1.82) is 0 Å². The van der Waals surface area contributed by atoms with Gasteiger partial charge in [0.1, 0.15) is 0 Å². The molecule has 3 rings (SSSR count). The average Bonchev–Trinajstić information content (AvgIpc) is 2.68. The summed E-state index contributed by atoms with van der Waals surface area (Å²) in [6.07, 6.45) is 0. The number of hydrogen-bond donors (Lipinski definition) is 1. The fourth-order valence-electron chi connectivity index (χ4n) is 3.10. The summed E-state index contributed by atoms with van der Waals surface area (Å²) in [7, 11) is 0. The molecule has 26 heavy (non-hydrogen) atoms. The molecule has 2 aromatic carbocycles. The van der Waals surface area contributed by atoms with Gasteiger partial charge in [0.15, 0.2) is 11.6 Å². The van der Waals surface area contributed by atoms with E-state index in [0.717, 1.165) is 25.2 Å². The molecule has 0 aromatic heterocycles. The molecular weight excluding hydrogens is 336 g/mol. The lowest BCUT2D eigenvalue weighted by molar-refractivity contribution is -0.130. The maximum Gasteiger partial charge on any atom is 0.236 e.